The van der Waals surface area contributed by atoms with Crippen molar-refractivity contribution in [1.29, 1.82) is 0 Å². The van der Waals surface area contributed by atoms with E-state index in [1.807, 2.05) is 12.1 Å². The highest BCUT2D eigenvalue weighted by molar-refractivity contribution is 6.07. The van der Waals surface area contributed by atoms with Crippen molar-refractivity contribution in [3.05, 3.63) is 30.1 Å². The van der Waals surface area contributed by atoms with Crippen molar-refractivity contribution in [1.82, 2.24) is 20.5 Å². The average Bonchev–Trinajstić information content (AvgIpc) is 2.73. The van der Waals surface area contributed by atoms with E-state index < -0.39 is 17.5 Å². The number of urea groups is 1. The Morgan fingerprint density at radius 3 is 2.68 bits per heavy atom. The molecule has 0 spiro atoms. The quantitative estimate of drug-likeness (QED) is 0.666. The van der Waals surface area contributed by atoms with Gasteiger partial charge in [-0.15, -0.1) is 0 Å². The minimum Gasteiger partial charge on any atom is -0.393 e. The smallest absolute Gasteiger partial charge is 0.325 e. The van der Waals surface area contributed by atoms with E-state index in [0.717, 1.165) is 0 Å². The van der Waals surface area contributed by atoms with Crippen molar-refractivity contribution in [2.75, 3.05) is 6.54 Å². The van der Waals surface area contributed by atoms with E-state index in [4.69, 9.17) is 0 Å². The van der Waals surface area contributed by atoms with E-state index in [1.54, 1.807) is 26.1 Å². The van der Waals surface area contributed by atoms with Crippen LogP contribution >= 0.6 is 0 Å². The van der Waals surface area contributed by atoms with Gasteiger partial charge in [0.25, 0.3) is 5.91 Å². The van der Waals surface area contributed by atoms with E-state index in [9.17, 15) is 19.5 Å². The molecule has 0 aromatic carbocycles. The minimum absolute atomic E-state index is 0.0934. The van der Waals surface area contributed by atoms with Gasteiger partial charge in [0.1, 0.15) is 12.1 Å². The van der Waals surface area contributed by atoms with Gasteiger partial charge < -0.3 is 15.3 Å². The monoisotopic (exact) mass is 346 g/mol. The van der Waals surface area contributed by atoms with Gasteiger partial charge in [-0.2, -0.15) is 0 Å². The third kappa shape index (κ3) is 3.34. The predicted octanol–water partition coefficient (Wildman–Crippen LogP) is 0.340. The van der Waals surface area contributed by atoms with Crippen LogP contribution in [0.15, 0.2) is 24.4 Å². The van der Waals surface area contributed by atoms with Crippen molar-refractivity contribution < 1.29 is 19.5 Å². The largest absolute Gasteiger partial charge is 0.393 e. The predicted molar refractivity (Wildman–Crippen MR) is 88.2 cm³/mol. The molecule has 4 amide bonds. The summed E-state index contributed by atoms with van der Waals surface area (Å²) >= 11 is 0. The van der Waals surface area contributed by atoms with Crippen LogP contribution in [0.1, 0.15) is 38.4 Å². The highest BCUT2D eigenvalue weighted by Crippen LogP contribution is 2.37. The summed E-state index contributed by atoms with van der Waals surface area (Å²) in [4.78, 5) is 41.7. The minimum atomic E-state index is -1.07. The molecule has 0 unspecified atom stereocenters. The summed E-state index contributed by atoms with van der Waals surface area (Å²) < 4.78 is 0. The maximum Gasteiger partial charge on any atom is 0.325 e. The number of carbonyl (C=O) groups is 3. The number of nitrogens with zero attached hydrogens (tertiary/aromatic N) is 2. The fraction of sp³-hybridized carbons (Fsp3) is 0.529. The maximum absolute atomic E-state index is 12.5. The van der Waals surface area contributed by atoms with Gasteiger partial charge in [-0.3, -0.25) is 19.9 Å². The molecule has 2 aliphatic rings. The summed E-state index contributed by atoms with van der Waals surface area (Å²) in [5.74, 6) is -0.695. The van der Waals surface area contributed by atoms with E-state index in [0.29, 0.717) is 18.5 Å². The molecule has 0 bridgehead atoms. The number of nitrogens with one attached hydrogen (secondary N) is 2. The van der Waals surface area contributed by atoms with E-state index in [1.165, 1.54) is 4.90 Å². The van der Waals surface area contributed by atoms with Crippen molar-refractivity contribution in [3.8, 4) is 0 Å². The van der Waals surface area contributed by atoms with Gasteiger partial charge in [-0.1, -0.05) is 6.07 Å². The lowest BCUT2D eigenvalue weighted by atomic mass is 9.76. The summed E-state index contributed by atoms with van der Waals surface area (Å²) in [7, 11) is 0. The molecule has 1 aliphatic carbocycles. The number of rotatable bonds is 5. The first kappa shape index (κ1) is 17.3. The average molecular weight is 346 g/mol. The fourth-order valence-corrected chi connectivity index (χ4v) is 3.22. The van der Waals surface area contributed by atoms with Crippen LogP contribution in [0.25, 0.3) is 0 Å². The molecule has 8 heteroatoms. The second kappa shape index (κ2) is 6.44. The summed E-state index contributed by atoms with van der Waals surface area (Å²) in [6, 6.07) is 4.55. The molecule has 3 N–H and O–H groups in total. The SMILES string of the molecule is CC1(C)C(=O)NC(=O)N1CC(=O)N[C@H](c1ccccn1)C1CC(O)C1. The molecule has 8 nitrogen and oxygen atoms in total. The lowest BCUT2D eigenvalue weighted by Crippen LogP contribution is -2.50. The lowest BCUT2D eigenvalue weighted by molar-refractivity contribution is -0.127. The zero-order valence-electron chi connectivity index (χ0n) is 14.2. The molecule has 0 radical (unpaired) electrons. The second-order valence-corrected chi connectivity index (χ2v) is 7.09. The molecular formula is C17H22N4O4. The second-order valence-electron chi connectivity index (χ2n) is 7.09. The number of amides is 4. The van der Waals surface area contributed by atoms with Crippen molar-refractivity contribution in [3.63, 3.8) is 0 Å². The topological polar surface area (TPSA) is 112 Å². The number of pyridine rings is 1. The van der Waals surface area contributed by atoms with Crippen LogP contribution in [0.5, 0.6) is 0 Å². The van der Waals surface area contributed by atoms with E-state index in [-0.39, 0.29) is 30.5 Å². The zero-order chi connectivity index (χ0) is 18.2. The molecule has 1 saturated carbocycles. The first-order valence-corrected chi connectivity index (χ1v) is 8.30. The number of hydrogen-bond acceptors (Lipinski definition) is 5. The molecule has 1 aromatic heterocycles. The van der Waals surface area contributed by atoms with Crippen molar-refractivity contribution in [2.24, 2.45) is 5.92 Å². The van der Waals surface area contributed by atoms with Gasteiger partial charge >= 0.3 is 6.03 Å². The standard InChI is InChI=1S/C17H22N4O4/c1-17(2)15(24)20-16(25)21(17)9-13(23)19-14(10-7-11(22)8-10)12-5-3-4-6-18-12/h3-6,10-11,14,22H,7-9H2,1-2H3,(H,19,23)(H,20,24,25)/t10?,11?,14-/m0/s1. The molecule has 25 heavy (non-hydrogen) atoms. The third-order valence-corrected chi connectivity index (χ3v) is 4.94. The van der Waals surface area contributed by atoms with Gasteiger partial charge in [0, 0.05) is 6.20 Å². The van der Waals surface area contributed by atoms with E-state index >= 15 is 0 Å². The molecule has 1 aliphatic heterocycles. The molecular weight excluding hydrogens is 324 g/mol. The lowest BCUT2D eigenvalue weighted by Gasteiger charge is -2.38. The van der Waals surface area contributed by atoms with Gasteiger partial charge in [-0.25, -0.2) is 4.79 Å². The summed E-state index contributed by atoms with van der Waals surface area (Å²) in [6.45, 7) is 2.97. The maximum atomic E-state index is 12.5. The highest BCUT2D eigenvalue weighted by atomic mass is 16.3. The van der Waals surface area contributed by atoms with Crippen LogP contribution in [0.4, 0.5) is 4.79 Å². The molecule has 2 heterocycles. The van der Waals surface area contributed by atoms with Crippen molar-refractivity contribution in [2.45, 2.75) is 44.4 Å². The Bertz CT molecular complexity index is 685. The zero-order valence-corrected chi connectivity index (χ0v) is 14.2. The van der Waals surface area contributed by atoms with Gasteiger partial charge in [0.05, 0.1) is 17.8 Å². The number of imide groups is 1. The number of aliphatic hydroxyl groups is 1. The van der Waals surface area contributed by atoms with Crippen LogP contribution in [-0.4, -0.2) is 51.0 Å². The first-order valence-electron chi connectivity index (χ1n) is 8.30. The van der Waals surface area contributed by atoms with E-state index in [2.05, 4.69) is 15.6 Å². The van der Waals surface area contributed by atoms with Crippen LogP contribution in [0.2, 0.25) is 0 Å². The summed E-state index contributed by atoms with van der Waals surface area (Å²) in [5, 5.41) is 14.7. The number of hydrogen-bond donors (Lipinski definition) is 3. The fourth-order valence-electron chi connectivity index (χ4n) is 3.22. The Hall–Kier alpha value is -2.48. The number of aliphatic hydroxyl groups excluding tert-OH is 1. The Balaban J connectivity index is 1.71. The van der Waals surface area contributed by atoms with Crippen LogP contribution < -0.4 is 10.6 Å². The van der Waals surface area contributed by atoms with Gasteiger partial charge in [0.15, 0.2) is 0 Å². The Labute approximate surface area is 145 Å². The molecule has 1 atom stereocenters. The molecule has 2 fully saturated rings. The van der Waals surface area contributed by atoms with Crippen LogP contribution in [-0.2, 0) is 9.59 Å². The van der Waals surface area contributed by atoms with Crippen LogP contribution in [0, 0.1) is 5.92 Å². The Morgan fingerprint density at radius 2 is 2.16 bits per heavy atom. The molecule has 1 saturated heterocycles. The van der Waals surface area contributed by atoms with Crippen molar-refractivity contribution >= 4 is 17.8 Å². The number of aromatic nitrogens is 1. The first-order chi connectivity index (χ1) is 11.8. The van der Waals surface area contributed by atoms with Gasteiger partial charge in [-0.05, 0) is 44.7 Å². The summed E-state index contributed by atoms with van der Waals surface area (Å²) in [6.07, 6.45) is 2.49. The van der Waals surface area contributed by atoms with Gasteiger partial charge in [0.2, 0.25) is 5.91 Å². The third-order valence-electron chi connectivity index (χ3n) is 4.94. The normalized spacial score (nSPS) is 26.0. The molecule has 1 aromatic rings. The summed E-state index contributed by atoms with van der Waals surface area (Å²) in [5.41, 5.74) is -0.351. The Morgan fingerprint density at radius 1 is 1.44 bits per heavy atom. The number of carbonyl (C=O) groups excluding carboxylic acids is 3. The van der Waals surface area contributed by atoms with Crippen LogP contribution in [0.3, 0.4) is 0 Å². The molecule has 134 valence electrons. The molecule has 3 rings (SSSR count). The highest BCUT2D eigenvalue weighted by Gasteiger charge is 2.46. The Kier molecular flexibility index (Phi) is 4.47.